The average Bonchev–Trinajstić information content (AvgIpc) is 2.99. The Balaban J connectivity index is 2.33. The second-order valence-corrected chi connectivity index (χ2v) is 7.76. The summed E-state index contributed by atoms with van der Waals surface area (Å²) in [5, 5.41) is 2.33. The normalized spacial score (nSPS) is 16.5. The number of nitrogens with one attached hydrogen (secondary N) is 1. The number of ether oxygens (including phenoxy) is 1. The summed E-state index contributed by atoms with van der Waals surface area (Å²) >= 11 is 5.68. The van der Waals surface area contributed by atoms with E-state index in [0.717, 1.165) is 11.8 Å². The highest BCUT2D eigenvalue weighted by atomic mass is 32.2. The molecule has 1 aliphatic rings. The van der Waals surface area contributed by atoms with E-state index in [1.54, 1.807) is 0 Å². The maximum Gasteiger partial charge on any atom is 0.416 e. The maximum atomic E-state index is 13.3. The van der Waals surface area contributed by atoms with Gasteiger partial charge in [-0.25, -0.2) is 0 Å². The number of hydrogen-bond acceptors (Lipinski definition) is 4. The molecule has 1 aliphatic heterocycles. The Morgan fingerprint density at radius 3 is 1.87 bits per heavy atom. The number of carbonyl (C=O) groups is 1. The van der Waals surface area contributed by atoms with Crippen molar-refractivity contribution in [2.75, 3.05) is 7.11 Å². The molecule has 1 amide bonds. The van der Waals surface area contributed by atoms with Gasteiger partial charge in [0, 0.05) is 5.57 Å². The molecule has 2 aromatic carbocycles. The smallest absolute Gasteiger partial charge is 0.416 e. The SMILES string of the molecule is COc1ccc(/C(=C2/SC(=S)NC2=O)c2cc(C(F)(F)F)cc(C(F)(F)F)c2)cc1. The molecule has 158 valence electrons. The van der Waals surface area contributed by atoms with E-state index in [4.69, 9.17) is 17.0 Å². The fourth-order valence-corrected chi connectivity index (χ4v) is 3.92. The fraction of sp³-hybridized carbons (Fsp3) is 0.158. The molecule has 0 aliphatic carbocycles. The van der Waals surface area contributed by atoms with Crippen LogP contribution in [0.2, 0.25) is 0 Å². The average molecular weight is 463 g/mol. The van der Waals surface area contributed by atoms with Crippen LogP contribution in [0, 0.1) is 0 Å². The van der Waals surface area contributed by atoms with E-state index < -0.39 is 35.0 Å². The first-order chi connectivity index (χ1) is 13.9. The number of amides is 1. The molecule has 1 saturated heterocycles. The second kappa shape index (κ2) is 7.95. The van der Waals surface area contributed by atoms with Crippen LogP contribution in [-0.4, -0.2) is 17.3 Å². The van der Waals surface area contributed by atoms with Crippen molar-refractivity contribution in [1.82, 2.24) is 5.32 Å². The highest BCUT2D eigenvalue weighted by Crippen LogP contribution is 2.42. The van der Waals surface area contributed by atoms with Gasteiger partial charge in [-0.05, 0) is 41.5 Å². The van der Waals surface area contributed by atoms with E-state index in [0.29, 0.717) is 17.9 Å². The van der Waals surface area contributed by atoms with Crippen LogP contribution < -0.4 is 10.1 Å². The van der Waals surface area contributed by atoms with Gasteiger partial charge in [-0.2, -0.15) is 26.3 Å². The highest BCUT2D eigenvalue weighted by molar-refractivity contribution is 8.26. The van der Waals surface area contributed by atoms with E-state index in [-0.39, 0.29) is 26.4 Å². The number of halogens is 6. The number of carbonyl (C=O) groups excluding carboxylic acids is 1. The first kappa shape index (κ1) is 22.2. The lowest BCUT2D eigenvalue weighted by atomic mass is 9.93. The Morgan fingerprint density at radius 2 is 1.47 bits per heavy atom. The van der Waals surface area contributed by atoms with Crippen molar-refractivity contribution in [3.8, 4) is 5.75 Å². The van der Waals surface area contributed by atoms with Gasteiger partial charge in [-0.15, -0.1) is 0 Å². The van der Waals surface area contributed by atoms with E-state index in [9.17, 15) is 31.1 Å². The third-order valence-corrected chi connectivity index (χ3v) is 5.33. The Bertz CT molecular complexity index is 1010. The molecule has 0 saturated carbocycles. The zero-order chi connectivity index (χ0) is 22.3. The lowest BCUT2D eigenvalue weighted by Crippen LogP contribution is -2.18. The number of thioether (sulfide) groups is 1. The van der Waals surface area contributed by atoms with Gasteiger partial charge in [0.25, 0.3) is 5.91 Å². The topological polar surface area (TPSA) is 38.3 Å². The number of rotatable bonds is 3. The van der Waals surface area contributed by atoms with Gasteiger partial charge in [0.1, 0.15) is 10.1 Å². The Hall–Kier alpha value is -2.53. The standard InChI is InChI=1S/C19H11F6NO2S2/c1-28-13-4-2-9(3-5-13)14(15-16(27)26-17(29)30-15)10-6-11(18(20,21)22)8-12(7-10)19(23,24)25/h2-8H,1H3,(H,26,27,29)/b15-14-. The number of alkyl halides is 6. The van der Waals surface area contributed by atoms with Crippen molar-refractivity contribution >= 4 is 39.8 Å². The third kappa shape index (κ3) is 4.62. The Labute approximate surface area is 176 Å². The molecule has 2 aromatic rings. The van der Waals surface area contributed by atoms with Crippen LogP contribution in [0.4, 0.5) is 26.3 Å². The highest BCUT2D eigenvalue weighted by Gasteiger charge is 2.38. The van der Waals surface area contributed by atoms with Gasteiger partial charge in [0.2, 0.25) is 0 Å². The summed E-state index contributed by atoms with van der Waals surface area (Å²) in [4.78, 5) is 12.2. The van der Waals surface area contributed by atoms with Crippen molar-refractivity contribution in [2.45, 2.75) is 12.4 Å². The predicted octanol–water partition coefficient (Wildman–Crippen LogP) is 5.64. The quantitative estimate of drug-likeness (QED) is 0.363. The number of hydrogen-bond donors (Lipinski definition) is 1. The van der Waals surface area contributed by atoms with Gasteiger partial charge in [0.15, 0.2) is 0 Å². The zero-order valence-corrected chi connectivity index (χ0v) is 16.6. The van der Waals surface area contributed by atoms with E-state index in [1.807, 2.05) is 0 Å². The summed E-state index contributed by atoms with van der Waals surface area (Å²) in [5.74, 6) is -0.288. The molecule has 0 unspecified atom stereocenters. The Morgan fingerprint density at radius 1 is 0.933 bits per heavy atom. The molecule has 3 nitrogen and oxygen atoms in total. The van der Waals surface area contributed by atoms with Crippen molar-refractivity contribution in [3.05, 3.63) is 69.6 Å². The summed E-state index contributed by atoms with van der Waals surface area (Å²) in [7, 11) is 1.40. The minimum atomic E-state index is -5.02. The van der Waals surface area contributed by atoms with Crippen LogP contribution in [0.5, 0.6) is 5.75 Å². The summed E-state index contributed by atoms with van der Waals surface area (Å²) in [6.45, 7) is 0. The maximum absolute atomic E-state index is 13.3. The van der Waals surface area contributed by atoms with Crippen LogP contribution in [-0.2, 0) is 17.1 Å². The summed E-state index contributed by atoms with van der Waals surface area (Å²) < 4.78 is 84.9. The first-order valence-electron chi connectivity index (χ1n) is 8.12. The molecule has 11 heteroatoms. The van der Waals surface area contributed by atoms with E-state index in [1.165, 1.54) is 31.4 Å². The number of benzene rings is 2. The summed E-state index contributed by atoms with van der Waals surface area (Å²) in [6.07, 6.45) is -10.0. The van der Waals surface area contributed by atoms with Crippen LogP contribution >= 0.6 is 24.0 Å². The van der Waals surface area contributed by atoms with Gasteiger partial charge in [0.05, 0.1) is 23.1 Å². The first-order valence-corrected chi connectivity index (χ1v) is 9.34. The summed E-state index contributed by atoms with van der Waals surface area (Å²) in [5.41, 5.74) is -3.25. The van der Waals surface area contributed by atoms with Gasteiger partial charge < -0.3 is 10.1 Å². The zero-order valence-electron chi connectivity index (χ0n) is 14.9. The molecule has 0 aromatic heterocycles. The lowest BCUT2D eigenvalue weighted by molar-refractivity contribution is -0.143. The van der Waals surface area contributed by atoms with Crippen LogP contribution in [0.1, 0.15) is 22.3 Å². The molecule has 0 atom stereocenters. The molecule has 1 heterocycles. The van der Waals surface area contributed by atoms with Crippen molar-refractivity contribution in [2.24, 2.45) is 0 Å². The second-order valence-electron chi connectivity index (χ2n) is 6.07. The summed E-state index contributed by atoms with van der Waals surface area (Å²) in [6, 6.07) is 7.02. The molecular weight excluding hydrogens is 452 g/mol. The van der Waals surface area contributed by atoms with E-state index in [2.05, 4.69) is 5.32 Å². The molecule has 1 N–H and O–H groups in total. The van der Waals surface area contributed by atoms with Crippen molar-refractivity contribution in [1.29, 1.82) is 0 Å². The van der Waals surface area contributed by atoms with E-state index >= 15 is 0 Å². The van der Waals surface area contributed by atoms with Crippen LogP contribution in [0.25, 0.3) is 5.57 Å². The largest absolute Gasteiger partial charge is 0.497 e. The van der Waals surface area contributed by atoms with Gasteiger partial charge in [-0.1, -0.05) is 36.1 Å². The molecule has 3 rings (SSSR count). The van der Waals surface area contributed by atoms with Crippen LogP contribution in [0.3, 0.4) is 0 Å². The Kier molecular flexibility index (Phi) is 5.87. The molecule has 1 fully saturated rings. The van der Waals surface area contributed by atoms with Crippen molar-refractivity contribution < 1.29 is 35.9 Å². The minimum Gasteiger partial charge on any atom is -0.497 e. The third-order valence-electron chi connectivity index (χ3n) is 4.10. The lowest BCUT2D eigenvalue weighted by Gasteiger charge is -2.17. The fourth-order valence-electron chi connectivity index (χ4n) is 2.76. The minimum absolute atomic E-state index is 0.0340. The molecule has 0 bridgehead atoms. The van der Waals surface area contributed by atoms with Gasteiger partial charge >= 0.3 is 12.4 Å². The molecule has 0 spiro atoms. The molecular formula is C19H11F6NO2S2. The molecule has 0 radical (unpaired) electrons. The molecule has 30 heavy (non-hydrogen) atoms. The number of thiocarbonyl (C=S) groups is 1. The van der Waals surface area contributed by atoms with Crippen molar-refractivity contribution in [3.63, 3.8) is 0 Å². The monoisotopic (exact) mass is 463 g/mol. The van der Waals surface area contributed by atoms with Gasteiger partial charge in [-0.3, -0.25) is 4.79 Å². The predicted molar refractivity (Wildman–Crippen MR) is 104 cm³/mol. The number of methoxy groups -OCH3 is 1. The van der Waals surface area contributed by atoms with Crippen LogP contribution in [0.15, 0.2) is 47.4 Å².